The second-order valence-corrected chi connectivity index (χ2v) is 8.67. The zero-order valence-corrected chi connectivity index (χ0v) is 18.8. The third-order valence-electron chi connectivity index (χ3n) is 5.74. The highest BCUT2D eigenvalue weighted by Gasteiger charge is 2.46. The summed E-state index contributed by atoms with van der Waals surface area (Å²) < 4.78 is 38.7. The van der Waals surface area contributed by atoms with E-state index in [4.69, 9.17) is 9.15 Å². The predicted molar refractivity (Wildman–Crippen MR) is 122 cm³/mol. The summed E-state index contributed by atoms with van der Waals surface area (Å²) in [6.45, 7) is 1.79. The molecule has 1 aliphatic heterocycles. The molecule has 4 aromatic rings. The SMILES string of the molecule is COc1cccc2cc(C(=O)C3=C(O)C(=O)N(c4ccc(F)c(F)c4)C3c3sccc3C)oc12. The fourth-order valence-corrected chi connectivity index (χ4v) is 5.12. The fraction of sp³-hybridized carbons (Fsp3) is 0.120. The summed E-state index contributed by atoms with van der Waals surface area (Å²) in [6.07, 6.45) is 0. The maximum absolute atomic E-state index is 14.0. The van der Waals surface area contributed by atoms with Gasteiger partial charge in [-0.3, -0.25) is 14.5 Å². The molecule has 2 aromatic carbocycles. The van der Waals surface area contributed by atoms with E-state index in [0.29, 0.717) is 21.6 Å². The molecular formula is C25H17F2NO5S. The van der Waals surface area contributed by atoms with E-state index in [1.165, 1.54) is 30.6 Å². The Hall–Kier alpha value is -3.98. The van der Waals surface area contributed by atoms with E-state index in [9.17, 15) is 23.5 Å². The number of ether oxygens (including phenoxy) is 1. The number of thiophene rings is 1. The minimum atomic E-state index is -1.16. The van der Waals surface area contributed by atoms with Gasteiger partial charge in [-0.25, -0.2) is 8.78 Å². The lowest BCUT2D eigenvalue weighted by molar-refractivity contribution is -0.117. The first kappa shape index (κ1) is 21.8. The van der Waals surface area contributed by atoms with Gasteiger partial charge in [-0.05, 0) is 48.2 Å². The van der Waals surface area contributed by atoms with Crippen molar-refractivity contribution in [1.82, 2.24) is 0 Å². The number of anilines is 1. The molecule has 5 rings (SSSR count). The van der Waals surface area contributed by atoms with Crippen LogP contribution in [0.25, 0.3) is 11.0 Å². The molecule has 6 nitrogen and oxygen atoms in total. The standard InChI is InChI=1S/C25H17F2NO5S/c1-12-8-9-34-24(12)20-19(21(29)18-10-13-4-3-5-17(32-2)23(13)33-18)22(30)25(31)28(20)14-6-7-15(26)16(27)11-14/h3-11,20,30H,1-2H3. The summed E-state index contributed by atoms with van der Waals surface area (Å²) in [4.78, 5) is 28.5. The zero-order chi connectivity index (χ0) is 24.1. The Morgan fingerprint density at radius 1 is 1.15 bits per heavy atom. The number of benzene rings is 2. The van der Waals surface area contributed by atoms with Gasteiger partial charge in [0.1, 0.15) is 6.04 Å². The van der Waals surface area contributed by atoms with Crippen molar-refractivity contribution in [3.8, 4) is 5.75 Å². The number of aliphatic hydroxyl groups excluding tert-OH is 1. The molecule has 1 unspecified atom stereocenters. The molecular weight excluding hydrogens is 464 g/mol. The number of hydrogen-bond acceptors (Lipinski definition) is 6. The van der Waals surface area contributed by atoms with Crippen molar-refractivity contribution in [2.24, 2.45) is 0 Å². The Balaban J connectivity index is 1.67. The molecule has 9 heteroatoms. The van der Waals surface area contributed by atoms with Gasteiger partial charge in [-0.1, -0.05) is 12.1 Å². The van der Waals surface area contributed by atoms with Crippen molar-refractivity contribution in [1.29, 1.82) is 0 Å². The number of amides is 1. The molecule has 1 N–H and O–H groups in total. The Bertz CT molecular complexity index is 1500. The largest absolute Gasteiger partial charge is 0.503 e. The number of Topliss-reactive ketones (excluding diaryl/α,β-unsaturated/α-hetero) is 1. The van der Waals surface area contributed by atoms with Crippen LogP contribution in [-0.4, -0.2) is 23.9 Å². The number of methoxy groups -OCH3 is 1. The van der Waals surface area contributed by atoms with Crippen molar-refractivity contribution >= 4 is 39.7 Å². The lowest BCUT2D eigenvalue weighted by Gasteiger charge is -2.26. The molecule has 172 valence electrons. The van der Waals surface area contributed by atoms with Crippen LogP contribution in [0.2, 0.25) is 0 Å². The number of nitrogens with zero attached hydrogens (tertiary/aromatic N) is 1. The van der Waals surface area contributed by atoms with E-state index in [-0.39, 0.29) is 17.0 Å². The molecule has 0 fully saturated rings. The van der Waals surface area contributed by atoms with Crippen molar-refractivity contribution in [2.45, 2.75) is 13.0 Å². The van der Waals surface area contributed by atoms with E-state index in [1.807, 2.05) is 0 Å². The third kappa shape index (κ3) is 3.28. The number of fused-ring (bicyclic) bond motifs is 1. The zero-order valence-electron chi connectivity index (χ0n) is 18.0. The minimum Gasteiger partial charge on any atom is -0.503 e. The quantitative estimate of drug-likeness (QED) is 0.361. The van der Waals surface area contributed by atoms with Crippen LogP contribution in [-0.2, 0) is 4.79 Å². The van der Waals surface area contributed by atoms with Crippen LogP contribution in [0.3, 0.4) is 0 Å². The summed E-state index contributed by atoms with van der Waals surface area (Å²) in [5.41, 5.74) is 0.904. The van der Waals surface area contributed by atoms with Gasteiger partial charge < -0.3 is 14.3 Å². The van der Waals surface area contributed by atoms with Crippen LogP contribution in [0.1, 0.15) is 27.0 Å². The van der Waals surface area contributed by atoms with Gasteiger partial charge in [-0.2, -0.15) is 0 Å². The van der Waals surface area contributed by atoms with Gasteiger partial charge in [0.2, 0.25) is 5.78 Å². The van der Waals surface area contributed by atoms with Gasteiger partial charge in [-0.15, -0.1) is 11.3 Å². The third-order valence-corrected chi connectivity index (χ3v) is 6.81. The van der Waals surface area contributed by atoms with Crippen LogP contribution in [0.4, 0.5) is 14.5 Å². The number of para-hydroxylation sites is 1. The second kappa shape index (κ2) is 8.11. The first-order valence-electron chi connectivity index (χ1n) is 10.2. The van der Waals surface area contributed by atoms with E-state index in [2.05, 4.69) is 0 Å². The Morgan fingerprint density at radius 3 is 2.62 bits per heavy atom. The van der Waals surface area contributed by atoms with E-state index < -0.39 is 35.1 Å². The molecule has 0 saturated heterocycles. The number of hydrogen-bond donors (Lipinski definition) is 1. The fourth-order valence-electron chi connectivity index (χ4n) is 4.09. The Labute approximate surface area is 196 Å². The first-order chi connectivity index (χ1) is 16.3. The molecule has 1 aliphatic rings. The molecule has 34 heavy (non-hydrogen) atoms. The normalized spacial score (nSPS) is 16.1. The van der Waals surface area contributed by atoms with Gasteiger partial charge in [0.25, 0.3) is 5.91 Å². The number of aryl methyl sites for hydroxylation is 1. The first-order valence-corrected chi connectivity index (χ1v) is 11.1. The molecule has 0 radical (unpaired) electrons. The number of aliphatic hydroxyl groups is 1. The molecule has 0 saturated carbocycles. The van der Waals surface area contributed by atoms with Crippen molar-refractivity contribution < 1.29 is 32.6 Å². The number of carbonyl (C=O) groups excluding carboxylic acids is 2. The number of carbonyl (C=O) groups is 2. The number of rotatable bonds is 5. The monoisotopic (exact) mass is 481 g/mol. The van der Waals surface area contributed by atoms with Crippen LogP contribution in [0.5, 0.6) is 5.75 Å². The molecule has 2 aromatic heterocycles. The average Bonchev–Trinajstić information content (AvgIpc) is 3.51. The summed E-state index contributed by atoms with van der Waals surface area (Å²) in [5.74, 6) is -4.29. The van der Waals surface area contributed by atoms with Gasteiger partial charge in [0.05, 0.1) is 12.7 Å². The average molecular weight is 481 g/mol. The summed E-state index contributed by atoms with van der Waals surface area (Å²) >= 11 is 1.27. The summed E-state index contributed by atoms with van der Waals surface area (Å²) in [6, 6.07) is 10.4. The van der Waals surface area contributed by atoms with Crippen molar-refractivity contribution in [2.75, 3.05) is 12.0 Å². The Morgan fingerprint density at radius 2 is 1.94 bits per heavy atom. The topological polar surface area (TPSA) is 80.0 Å². The highest BCUT2D eigenvalue weighted by Crippen LogP contribution is 2.45. The van der Waals surface area contributed by atoms with Gasteiger partial charge >= 0.3 is 0 Å². The second-order valence-electron chi connectivity index (χ2n) is 7.72. The van der Waals surface area contributed by atoms with E-state index in [0.717, 1.165) is 22.6 Å². The highest BCUT2D eigenvalue weighted by molar-refractivity contribution is 7.10. The number of halogens is 2. The molecule has 0 spiro atoms. The van der Waals surface area contributed by atoms with Crippen LogP contribution in [0.15, 0.2) is 69.7 Å². The Kier molecular flexibility index (Phi) is 5.21. The lowest BCUT2D eigenvalue weighted by Crippen LogP contribution is -2.31. The smallest absolute Gasteiger partial charge is 0.294 e. The van der Waals surface area contributed by atoms with E-state index >= 15 is 0 Å². The summed E-state index contributed by atoms with van der Waals surface area (Å²) in [5, 5.41) is 13.2. The lowest BCUT2D eigenvalue weighted by atomic mass is 9.98. The summed E-state index contributed by atoms with van der Waals surface area (Å²) in [7, 11) is 1.47. The highest BCUT2D eigenvalue weighted by atomic mass is 32.1. The maximum Gasteiger partial charge on any atom is 0.294 e. The van der Waals surface area contributed by atoms with Crippen molar-refractivity contribution in [3.05, 3.63) is 93.1 Å². The van der Waals surface area contributed by atoms with Gasteiger partial charge in [0.15, 0.2) is 34.5 Å². The minimum absolute atomic E-state index is 0.00215. The van der Waals surface area contributed by atoms with Crippen LogP contribution >= 0.6 is 11.3 Å². The van der Waals surface area contributed by atoms with Crippen molar-refractivity contribution in [3.63, 3.8) is 0 Å². The van der Waals surface area contributed by atoms with Crippen LogP contribution in [0, 0.1) is 18.6 Å². The number of furan rings is 1. The molecule has 0 aliphatic carbocycles. The van der Waals surface area contributed by atoms with Crippen LogP contribution < -0.4 is 9.64 Å². The van der Waals surface area contributed by atoms with E-state index in [1.54, 1.807) is 36.6 Å². The van der Waals surface area contributed by atoms with Gasteiger partial charge in [0, 0.05) is 22.0 Å². The molecule has 0 bridgehead atoms. The molecule has 1 amide bonds. The molecule has 3 heterocycles. The number of ketones is 1. The maximum atomic E-state index is 14.0. The molecule has 1 atom stereocenters. The predicted octanol–water partition coefficient (Wildman–Crippen LogP) is 5.87.